The summed E-state index contributed by atoms with van der Waals surface area (Å²) in [5.74, 6) is 0.986. The molecule has 0 fully saturated rings. The lowest BCUT2D eigenvalue weighted by Gasteiger charge is -2.07. The highest BCUT2D eigenvalue weighted by atomic mass is 32.2. The van der Waals surface area contributed by atoms with Crippen LogP contribution in [-0.2, 0) is 16.6 Å². The first-order chi connectivity index (χ1) is 8.69. The monoisotopic (exact) mass is 280 g/mol. The maximum Gasteiger partial charge on any atom is 0.132 e. The van der Waals surface area contributed by atoms with Crippen molar-refractivity contribution in [3.8, 4) is 0 Å². The molecule has 0 bridgehead atoms. The van der Waals surface area contributed by atoms with E-state index in [-0.39, 0.29) is 5.92 Å². The molecule has 0 atom stereocenters. The van der Waals surface area contributed by atoms with Gasteiger partial charge in [0.15, 0.2) is 0 Å². The fraction of sp³-hybridized carbons (Fsp3) is 0.538. The third-order valence-corrected chi connectivity index (χ3v) is 3.60. The van der Waals surface area contributed by atoms with E-state index in [0.717, 1.165) is 22.6 Å². The first kappa shape index (κ1) is 14.0. The Balaban J connectivity index is 2.91. The van der Waals surface area contributed by atoms with Gasteiger partial charge in [0.1, 0.15) is 22.6 Å². The second kappa shape index (κ2) is 4.59. The first-order valence-corrected chi connectivity index (χ1v) is 8.63. The van der Waals surface area contributed by atoms with Crippen molar-refractivity contribution < 1.29 is 4.21 Å². The SMILES string of the molecule is Cc1nn(C)c2c(C=S(C)(C)=O)nc(C(C)C)nc12. The zero-order chi connectivity index (χ0) is 14.4. The highest BCUT2D eigenvalue weighted by molar-refractivity contribution is 8.00. The Kier molecular flexibility index (Phi) is 3.38. The second-order valence-electron chi connectivity index (χ2n) is 5.46. The Morgan fingerprint density at radius 2 is 1.89 bits per heavy atom. The molecule has 0 radical (unpaired) electrons. The van der Waals surface area contributed by atoms with Gasteiger partial charge in [-0.3, -0.25) is 8.89 Å². The van der Waals surface area contributed by atoms with Crippen molar-refractivity contribution in [3.63, 3.8) is 0 Å². The molecule has 0 aliphatic rings. The lowest BCUT2D eigenvalue weighted by molar-refractivity contribution is 0.688. The summed E-state index contributed by atoms with van der Waals surface area (Å²) >= 11 is 0. The lowest BCUT2D eigenvalue weighted by Crippen LogP contribution is -2.08. The number of rotatable bonds is 2. The average molecular weight is 280 g/mol. The zero-order valence-electron chi connectivity index (χ0n) is 12.3. The third-order valence-electron chi connectivity index (χ3n) is 2.81. The number of nitrogens with zero attached hydrogens (tertiary/aromatic N) is 4. The molecule has 0 aromatic carbocycles. The summed E-state index contributed by atoms with van der Waals surface area (Å²) in [6.07, 6.45) is 3.42. The van der Waals surface area contributed by atoms with Crippen molar-refractivity contribution in [2.45, 2.75) is 26.7 Å². The lowest BCUT2D eigenvalue weighted by atomic mass is 10.2. The molecule has 2 heterocycles. The van der Waals surface area contributed by atoms with Gasteiger partial charge in [-0.05, 0) is 16.4 Å². The van der Waals surface area contributed by atoms with Gasteiger partial charge < -0.3 is 0 Å². The molecule has 0 aliphatic carbocycles. The predicted octanol–water partition coefficient (Wildman–Crippen LogP) is 1.49. The summed E-state index contributed by atoms with van der Waals surface area (Å²) in [6.45, 7) is 6.02. The number of aromatic nitrogens is 4. The maximum absolute atomic E-state index is 12.1. The van der Waals surface area contributed by atoms with Crippen molar-refractivity contribution in [1.82, 2.24) is 19.7 Å². The minimum Gasteiger partial charge on any atom is -0.268 e. The Labute approximate surface area is 114 Å². The molecule has 0 N–H and O–H groups in total. The van der Waals surface area contributed by atoms with Gasteiger partial charge in [-0.15, -0.1) is 0 Å². The average Bonchev–Trinajstić information content (AvgIpc) is 2.52. The van der Waals surface area contributed by atoms with Crippen LogP contribution in [0.2, 0.25) is 0 Å². The van der Waals surface area contributed by atoms with E-state index in [1.807, 2.05) is 27.8 Å². The second-order valence-corrected chi connectivity index (χ2v) is 8.31. The van der Waals surface area contributed by atoms with Gasteiger partial charge in [0, 0.05) is 30.8 Å². The Bertz CT molecular complexity index is 744. The smallest absolute Gasteiger partial charge is 0.132 e. The van der Waals surface area contributed by atoms with Crippen LogP contribution in [0.25, 0.3) is 11.0 Å². The molecule has 0 saturated heterocycles. The van der Waals surface area contributed by atoms with Gasteiger partial charge in [-0.1, -0.05) is 13.8 Å². The number of hydrogen-bond donors (Lipinski definition) is 0. The highest BCUT2D eigenvalue weighted by Gasteiger charge is 2.15. The number of aryl methyl sites for hydroxylation is 2. The molecule has 2 rings (SSSR count). The van der Waals surface area contributed by atoms with Crippen LogP contribution in [0.15, 0.2) is 0 Å². The molecule has 5 nitrogen and oxygen atoms in total. The fourth-order valence-electron chi connectivity index (χ4n) is 1.99. The molecule has 6 heteroatoms. The molecule has 0 unspecified atom stereocenters. The summed E-state index contributed by atoms with van der Waals surface area (Å²) in [7, 11) is -0.166. The third kappa shape index (κ3) is 2.78. The molecule has 19 heavy (non-hydrogen) atoms. The Hall–Kier alpha value is -1.43. The van der Waals surface area contributed by atoms with Crippen LogP contribution < -0.4 is 0 Å². The normalized spacial score (nSPS) is 12.4. The summed E-state index contributed by atoms with van der Waals surface area (Å²) in [4.78, 5) is 9.13. The number of fused-ring (bicyclic) bond motifs is 1. The van der Waals surface area contributed by atoms with Crippen LogP contribution in [0.5, 0.6) is 0 Å². The molecule has 0 aliphatic heterocycles. The summed E-state index contributed by atoms with van der Waals surface area (Å²) < 4.78 is 13.8. The van der Waals surface area contributed by atoms with Crippen LogP contribution in [0.4, 0.5) is 0 Å². The van der Waals surface area contributed by atoms with Crippen LogP contribution >= 0.6 is 0 Å². The van der Waals surface area contributed by atoms with Gasteiger partial charge in [-0.2, -0.15) is 5.10 Å². The van der Waals surface area contributed by atoms with E-state index in [2.05, 4.69) is 15.1 Å². The van der Waals surface area contributed by atoms with Crippen LogP contribution in [0.1, 0.15) is 37.0 Å². The molecule has 104 valence electrons. The first-order valence-electron chi connectivity index (χ1n) is 6.19. The number of hydrogen-bond acceptors (Lipinski definition) is 4. The van der Waals surface area contributed by atoms with Gasteiger partial charge in [0.2, 0.25) is 0 Å². The van der Waals surface area contributed by atoms with Gasteiger partial charge >= 0.3 is 0 Å². The van der Waals surface area contributed by atoms with Crippen LogP contribution in [0.3, 0.4) is 0 Å². The maximum atomic E-state index is 12.1. The molecule has 0 saturated carbocycles. The quantitative estimate of drug-likeness (QED) is 0.782. The van der Waals surface area contributed by atoms with Gasteiger partial charge in [0.05, 0.1) is 5.69 Å². The zero-order valence-corrected chi connectivity index (χ0v) is 13.1. The largest absolute Gasteiger partial charge is 0.268 e. The molecular formula is C13H20N4OS. The van der Waals surface area contributed by atoms with Gasteiger partial charge in [0.25, 0.3) is 0 Å². The van der Waals surface area contributed by atoms with Crippen LogP contribution in [-0.4, -0.2) is 41.8 Å². The molecule has 2 aromatic heterocycles. The van der Waals surface area contributed by atoms with E-state index in [4.69, 9.17) is 0 Å². The minimum absolute atomic E-state index is 0.223. The molecular weight excluding hydrogens is 260 g/mol. The fourth-order valence-corrected chi connectivity index (χ4v) is 2.70. The van der Waals surface area contributed by atoms with E-state index in [1.165, 1.54) is 0 Å². The highest BCUT2D eigenvalue weighted by Crippen LogP contribution is 2.20. The predicted molar refractivity (Wildman–Crippen MR) is 80.3 cm³/mol. The van der Waals surface area contributed by atoms with Crippen molar-refractivity contribution in [2.24, 2.45) is 7.05 Å². The molecule has 0 spiro atoms. The van der Waals surface area contributed by atoms with E-state index in [9.17, 15) is 4.21 Å². The topological polar surface area (TPSA) is 60.7 Å². The summed E-state index contributed by atoms with van der Waals surface area (Å²) in [5, 5.41) is 6.11. The van der Waals surface area contributed by atoms with Crippen molar-refractivity contribution in [1.29, 1.82) is 0 Å². The summed E-state index contributed by atoms with van der Waals surface area (Å²) in [6, 6.07) is 0. The Morgan fingerprint density at radius 3 is 2.42 bits per heavy atom. The summed E-state index contributed by atoms with van der Waals surface area (Å²) in [5.41, 5.74) is 3.27. The van der Waals surface area contributed by atoms with Crippen molar-refractivity contribution >= 4 is 25.9 Å². The van der Waals surface area contributed by atoms with Crippen molar-refractivity contribution in [2.75, 3.05) is 12.5 Å². The molecule has 2 aromatic rings. The Morgan fingerprint density at radius 1 is 1.26 bits per heavy atom. The van der Waals surface area contributed by atoms with Crippen LogP contribution in [0, 0.1) is 6.92 Å². The minimum atomic E-state index is -2.02. The standard InChI is InChI=1S/C13H20N4OS/c1-8(2)13-14-10(7-19(5,6)18)12-11(15-13)9(3)16-17(12)4/h7-8H,1-6H3. The van der Waals surface area contributed by atoms with E-state index < -0.39 is 9.52 Å². The van der Waals surface area contributed by atoms with E-state index >= 15 is 0 Å². The van der Waals surface area contributed by atoms with E-state index in [1.54, 1.807) is 22.6 Å². The molecule has 0 amide bonds. The van der Waals surface area contributed by atoms with Crippen molar-refractivity contribution in [3.05, 3.63) is 17.2 Å². The van der Waals surface area contributed by atoms with Gasteiger partial charge in [-0.25, -0.2) is 9.97 Å². The van der Waals surface area contributed by atoms with E-state index in [0.29, 0.717) is 5.69 Å².